The van der Waals surface area contributed by atoms with Gasteiger partial charge in [-0.1, -0.05) is 41.0 Å². The van der Waals surface area contributed by atoms with Gasteiger partial charge in [0, 0.05) is 19.1 Å². The van der Waals surface area contributed by atoms with Crippen molar-refractivity contribution in [3.63, 3.8) is 0 Å². The third kappa shape index (κ3) is 5.83. The maximum absolute atomic E-state index is 3.72. The van der Waals surface area contributed by atoms with Crippen LogP contribution in [-0.4, -0.2) is 37.6 Å². The van der Waals surface area contributed by atoms with E-state index in [4.69, 9.17) is 0 Å². The van der Waals surface area contributed by atoms with Gasteiger partial charge in [-0.15, -0.1) is 0 Å². The van der Waals surface area contributed by atoms with Crippen LogP contribution in [0.3, 0.4) is 0 Å². The van der Waals surface area contributed by atoms with Gasteiger partial charge in [0.05, 0.1) is 0 Å². The van der Waals surface area contributed by atoms with Gasteiger partial charge >= 0.3 is 0 Å². The van der Waals surface area contributed by atoms with Crippen molar-refractivity contribution in [2.24, 2.45) is 17.3 Å². The van der Waals surface area contributed by atoms with Gasteiger partial charge in [-0.25, -0.2) is 0 Å². The maximum atomic E-state index is 3.72. The zero-order valence-corrected chi connectivity index (χ0v) is 14.1. The molecule has 0 heterocycles. The highest BCUT2D eigenvalue weighted by atomic mass is 15.1. The molecule has 2 nitrogen and oxygen atoms in total. The molecule has 3 unspecified atom stereocenters. The second kappa shape index (κ2) is 7.64. The van der Waals surface area contributed by atoms with Gasteiger partial charge in [-0.3, -0.25) is 0 Å². The van der Waals surface area contributed by atoms with Gasteiger partial charge < -0.3 is 10.2 Å². The Bertz CT molecular complexity index is 250. The van der Waals surface area contributed by atoms with Crippen molar-refractivity contribution in [3.05, 3.63) is 0 Å². The molecular weight excluding hydrogens is 232 g/mol. The number of nitrogens with zero attached hydrogens (tertiary/aromatic N) is 1. The third-order valence-electron chi connectivity index (χ3n) is 4.85. The van der Waals surface area contributed by atoms with E-state index in [1.54, 1.807) is 0 Å². The fourth-order valence-corrected chi connectivity index (χ4v) is 3.59. The van der Waals surface area contributed by atoms with Crippen LogP contribution in [0.5, 0.6) is 0 Å². The average molecular weight is 268 g/mol. The molecule has 1 rings (SSSR count). The molecular formula is C17H36N2. The lowest BCUT2D eigenvalue weighted by Gasteiger charge is -2.42. The summed E-state index contributed by atoms with van der Waals surface area (Å²) in [4.78, 5) is 2.56. The highest BCUT2D eigenvalue weighted by Crippen LogP contribution is 2.39. The van der Waals surface area contributed by atoms with E-state index < -0.39 is 0 Å². The van der Waals surface area contributed by atoms with Gasteiger partial charge in [0.2, 0.25) is 0 Å². The van der Waals surface area contributed by atoms with Gasteiger partial charge in [0.15, 0.2) is 0 Å². The molecule has 0 aromatic rings. The normalized spacial score (nSPS) is 28.6. The Kier molecular flexibility index (Phi) is 6.82. The first-order valence-electron chi connectivity index (χ1n) is 8.30. The number of hydrogen-bond acceptors (Lipinski definition) is 2. The van der Waals surface area contributed by atoms with Crippen LogP contribution in [0.1, 0.15) is 60.3 Å². The fraction of sp³-hybridized carbons (Fsp3) is 1.00. The summed E-state index contributed by atoms with van der Waals surface area (Å²) in [5.41, 5.74) is 0.536. The Hall–Kier alpha value is -0.0800. The molecule has 0 saturated heterocycles. The van der Waals surface area contributed by atoms with Crippen molar-refractivity contribution >= 4 is 0 Å². The molecule has 1 aliphatic rings. The molecule has 0 amide bonds. The van der Waals surface area contributed by atoms with E-state index in [1.165, 1.54) is 38.8 Å². The largest absolute Gasteiger partial charge is 0.314 e. The van der Waals surface area contributed by atoms with Crippen LogP contribution in [0, 0.1) is 17.3 Å². The summed E-state index contributed by atoms with van der Waals surface area (Å²) in [5.74, 6) is 1.64. The van der Waals surface area contributed by atoms with Crippen LogP contribution < -0.4 is 5.32 Å². The van der Waals surface area contributed by atoms with E-state index >= 15 is 0 Å². The summed E-state index contributed by atoms with van der Waals surface area (Å²) in [6, 6.07) is 0.734. The van der Waals surface area contributed by atoms with Crippen LogP contribution in [0.4, 0.5) is 0 Å². The van der Waals surface area contributed by atoms with Crippen molar-refractivity contribution in [2.75, 3.05) is 26.7 Å². The molecule has 19 heavy (non-hydrogen) atoms. The lowest BCUT2D eigenvalue weighted by Crippen LogP contribution is -2.47. The SMILES string of the molecule is CCNC1CCC(C)(C)CC1CN(C)CC(C)CC. The fourth-order valence-electron chi connectivity index (χ4n) is 3.59. The van der Waals surface area contributed by atoms with Crippen LogP contribution in [-0.2, 0) is 0 Å². The molecule has 114 valence electrons. The Morgan fingerprint density at radius 1 is 1.32 bits per heavy atom. The highest BCUT2D eigenvalue weighted by Gasteiger charge is 2.34. The summed E-state index contributed by atoms with van der Waals surface area (Å²) in [5, 5.41) is 3.72. The molecule has 1 aliphatic carbocycles. The smallest absolute Gasteiger partial charge is 0.0108 e. The first kappa shape index (κ1) is 17.0. The van der Waals surface area contributed by atoms with Crippen molar-refractivity contribution in [1.29, 1.82) is 0 Å². The van der Waals surface area contributed by atoms with Crippen molar-refractivity contribution in [3.8, 4) is 0 Å². The predicted molar refractivity (Wildman–Crippen MR) is 85.5 cm³/mol. The summed E-state index contributed by atoms with van der Waals surface area (Å²) >= 11 is 0. The summed E-state index contributed by atoms with van der Waals surface area (Å²) in [6.07, 6.45) is 5.38. The van der Waals surface area contributed by atoms with E-state index in [9.17, 15) is 0 Å². The van der Waals surface area contributed by atoms with Gasteiger partial charge in [-0.05, 0) is 50.1 Å². The summed E-state index contributed by atoms with van der Waals surface area (Å²) in [7, 11) is 2.30. The minimum Gasteiger partial charge on any atom is -0.314 e. The minimum atomic E-state index is 0.536. The third-order valence-corrected chi connectivity index (χ3v) is 4.85. The van der Waals surface area contributed by atoms with E-state index in [-0.39, 0.29) is 0 Å². The zero-order chi connectivity index (χ0) is 14.5. The highest BCUT2D eigenvalue weighted by molar-refractivity contribution is 4.90. The van der Waals surface area contributed by atoms with Crippen molar-refractivity contribution < 1.29 is 0 Å². The standard InChI is InChI=1S/C17H36N2/c1-7-14(3)12-19(6)13-15-11-17(4,5)10-9-16(15)18-8-2/h14-16,18H,7-13H2,1-6H3. The molecule has 1 fully saturated rings. The Morgan fingerprint density at radius 2 is 2.00 bits per heavy atom. The quantitative estimate of drug-likeness (QED) is 0.756. The monoisotopic (exact) mass is 268 g/mol. The zero-order valence-electron chi connectivity index (χ0n) is 14.1. The molecule has 1 N–H and O–H groups in total. The topological polar surface area (TPSA) is 15.3 Å². The van der Waals surface area contributed by atoms with Crippen molar-refractivity contribution in [2.45, 2.75) is 66.3 Å². The Labute approximate surface area is 121 Å². The van der Waals surface area contributed by atoms with E-state index in [0.717, 1.165) is 24.4 Å². The molecule has 0 aromatic carbocycles. The van der Waals surface area contributed by atoms with E-state index in [0.29, 0.717) is 5.41 Å². The molecule has 0 aliphatic heterocycles. The van der Waals surface area contributed by atoms with E-state index in [1.807, 2.05) is 0 Å². The molecule has 2 heteroatoms. The molecule has 0 spiro atoms. The molecule has 0 bridgehead atoms. The maximum Gasteiger partial charge on any atom is 0.0108 e. The molecule has 0 aromatic heterocycles. The Morgan fingerprint density at radius 3 is 2.58 bits per heavy atom. The predicted octanol–water partition coefficient (Wildman–Crippen LogP) is 3.77. The molecule has 1 saturated carbocycles. The lowest BCUT2D eigenvalue weighted by molar-refractivity contribution is 0.105. The van der Waals surface area contributed by atoms with Crippen LogP contribution in [0.15, 0.2) is 0 Å². The number of hydrogen-bond donors (Lipinski definition) is 1. The first-order chi connectivity index (χ1) is 8.88. The van der Waals surface area contributed by atoms with Crippen molar-refractivity contribution in [1.82, 2.24) is 10.2 Å². The summed E-state index contributed by atoms with van der Waals surface area (Å²) < 4.78 is 0. The minimum absolute atomic E-state index is 0.536. The van der Waals surface area contributed by atoms with Gasteiger partial charge in [0.1, 0.15) is 0 Å². The number of nitrogens with one attached hydrogen (secondary N) is 1. The van der Waals surface area contributed by atoms with Crippen LogP contribution in [0.2, 0.25) is 0 Å². The first-order valence-corrected chi connectivity index (χ1v) is 8.30. The lowest BCUT2D eigenvalue weighted by atomic mass is 9.69. The van der Waals surface area contributed by atoms with Crippen LogP contribution >= 0.6 is 0 Å². The average Bonchev–Trinajstić information content (AvgIpc) is 2.32. The molecule has 0 radical (unpaired) electrons. The second-order valence-corrected chi connectivity index (χ2v) is 7.57. The second-order valence-electron chi connectivity index (χ2n) is 7.57. The van der Waals surface area contributed by atoms with Crippen LogP contribution in [0.25, 0.3) is 0 Å². The number of rotatable bonds is 7. The molecule has 3 atom stereocenters. The van der Waals surface area contributed by atoms with Gasteiger partial charge in [-0.2, -0.15) is 0 Å². The Balaban J connectivity index is 2.54. The van der Waals surface area contributed by atoms with Gasteiger partial charge in [0.25, 0.3) is 0 Å². The van der Waals surface area contributed by atoms with E-state index in [2.05, 4.69) is 51.9 Å². The summed E-state index contributed by atoms with van der Waals surface area (Å²) in [6.45, 7) is 15.4.